The number of rotatable bonds is 2. The first kappa shape index (κ1) is 8.93. The molecule has 0 aliphatic heterocycles. The Balaban J connectivity index is 2.77. The third kappa shape index (κ3) is 2.17. The summed E-state index contributed by atoms with van der Waals surface area (Å²) >= 11 is 1.50. The number of hydrogen-bond donors (Lipinski definition) is 0. The van der Waals surface area contributed by atoms with Crippen LogP contribution in [0.15, 0.2) is 17.8 Å². The van der Waals surface area contributed by atoms with Crippen molar-refractivity contribution in [2.24, 2.45) is 0 Å². The van der Waals surface area contributed by atoms with E-state index in [1.807, 2.05) is 6.92 Å². The molecule has 0 spiro atoms. The highest BCUT2D eigenvalue weighted by molar-refractivity contribution is 7.10. The van der Waals surface area contributed by atoms with Gasteiger partial charge >= 0.3 is 5.97 Å². The number of carbonyl (C=O) groups excluding carboxylic acids is 1. The number of carbonyl (C=O) groups is 1. The molecule has 1 rings (SSSR count). The van der Waals surface area contributed by atoms with Crippen molar-refractivity contribution in [3.05, 3.63) is 22.7 Å². The lowest BCUT2D eigenvalue weighted by atomic mass is 10.2. The summed E-state index contributed by atoms with van der Waals surface area (Å²) in [5.41, 5.74) is 2.61. The second-order valence-electron chi connectivity index (χ2n) is 2.22. The van der Waals surface area contributed by atoms with Crippen LogP contribution in [0.25, 0.3) is 5.57 Å². The summed E-state index contributed by atoms with van der Waals surface area (Å²) in [5.74, 6) is -0.332. The van der Waals surface area contributed by atoms with Gasteiger partial charge in [-0.2, -0.15) is 0 Å². The minimum Gasteiger partial charge on any atom is -0.466 e. The molecule has 0 unspecified atom stereocenters. The number of methoxy groups -OCH3 is 1. The predicted octanol–water partition coefficient (Wildman–Crippen LogP) is 1.72. The van der Waals surface area contributed by atoms with Crippen LogP contribution in [0.1, 0.15) is 11.8 Å². The fourth-order valence-electron chi connectivity index (χ4n) is 0.717. The van der Waals surface area contributed by atoms with Gasteiger partial charge in [0.05, 0.1) is 17.5 Å². The van der Waals surface area contributed by atoms with Gasteiger partial charge in [-0.3, -0.25) is 4.98 Å². The largest absolute Gasteiger partial charge is 0.466 e. The molecule has 0 N–H and O–H groups in total. The van der Waals surface area contributed by atoms with Crippen molar-refractivity contribution < 1.29 is 9.53 Å². The minimum absolute atomic E-state index is 0.332. The second-order valence-corrected chi connectivity index (χ2v) is 3.10. The van der Waals surface area contributed by atoms with E-state index in [9.17, 15) is 4.79 Å². The number of hydrogen-bond acceptors (Lipinski definition) is 4. The van der Waals surface area contributed by atoms with Gasteiger partial charge in [0.25, 0.3) is 0 Å². The van der Waals surface area contributed by atoms with Crippen molar-refractivity contribution >= 4 is 22.9 Å². The molecule has 0 atom stereocenters. The van der Waals surface area contributed by atoms with Gasteiger partial charge in [-0.25, -0.2) is 4.79 Å². The highest BCUT2D eigenvalue weighted by Crippen LogP contribution is 2.17. The molecule has 1 heterocycles. The molecule has 64 valence electrons. The van der Waals surface area contributed by atoms with E-state index in [0.717, 1.165) is 10.5 Å². The molecule has 0 saturated heterocycles. The zero-order chi connectivity index (χ0) is 8.97. The van der Waals surface area contributed by atoms with Gasteiger partial charge in [0.15, 0.2) is 0 Å². The van der Waals surface area contributed by atoms with Crippen molar-refractivity contribution in [3.63, 3.8) is 0 Å². The van der Waals surface area contributed by atoms with E-state index in [1.54, 1.807) is 11.7 Å². The SMILES string of the molecule is COC(=O)/C=C(/C)c1cncs1. The Morgan fingerprint density at radius 2 is 2.50 bits per heavy atom. The van der Waals surface area contributed by atoms with E-state index >= 15 is 0 Å². The fraction of sp³-hybridized carbons (Fsp3) is 0.250. The zero-order valence-electron chi connectivity index (χ0n) is 6.90. The van der Waals surface area contributed by atoms with Crippen LogP contribution in [0.5, 0.6) is 0 Å². The van der Waals surface area contributed by atoms with Crippen LogP contribution in [-0.4, -0.2) is 18.1 Å². The molecule has 0 bridgehead atoms. The Morgan fingerprint density at radius 1 is 1.75 bits per heavy atom. The lowest BCUT2D eigenvalue weighted by Crippen LogP contribution is -1.94. The van der Waals surface area contributed by atoms with Crippen molar-refractivity contribution in [2.45, 2.75) is 6.92 Å². The monoisotopic (exact) mass is 183 g/mol. The van der Waals surface area contributed by atoms with Gasteiger partial charge in [0.2, 0.25) is 0 Å². The van der Waals surface area contributed by atoms with Crippen LogP contribution in [0.4, 0.5) is 0 Å². The standard InChI is InChI=1S/C8H9NO2S/c1-6(3-8(10)11-2)7-4-9-5-12-7/h3-5H,1-2H3/b6-3-. The van der Waals surface area contributed by atoms with Crippen LogP contribution < -0.4 is 0 Å². The molecule has 0 amide bonds. The normalized spacial score (nSPS) is 11.3. The number of ether oxygens (including phenoxy) is 1. The maximum Gasteiger partial charge on any atom is 0.330 e. The second kappa shape index (κ2) is 4.01. The van der Waals surface area contributed by atoms with Gasteiger partial charge in [-0.1, -0.05) is 0 Å². The molecule has 0 saturated carbocycles. The molecule has 12 heavy (non-hydrogen) atoms. The number of allylic oxidation sites excluding steroid dienone is 1. The predicted molar refractivity (Wildman–Crippen MR) is 47.8 cm³/mol. The summed E-state index contributed by atoms with van der Waals surface area (Å²) in [6, 6.07) is 0. The molecule has 1 aromatic heterocycles. The van der Waals surface area contributed by atoms with E-state index in [0.29, 0.717) is 0 Å². The molecular weight excluding hydrogens is 174 g/mol. The fourth-order valence-corrected chi connectivity index (χ4v) is 1.32. The third-order valence-electron chi connectivity index (χ3n) is 1.36. The highest BCUT2D eigenvalue weighted by Gasteiger charge is 2.00. The molecule has 0 aliphatic rings. The van der Waals surface area contributed by atoms with Crippen molar-refractivity contribution in [2.75, 3.05) is 7.11 Å². The van der Waals surface area contributed by atoms with Crippen LogP contribution in [0.3, 0.4) is 0 Å². The molecule has 1 aromatic rings. The molecular formula is C8H9NO2S. The minimum atomic E-state index is -0.332. The van der Waals surface area contributed by atoms with Crippen molar-refractivity contribution in [3.8, 4) is 0 Å². The first-order valence-corrected chi connectivity index (χ1v) is 4.27. The average molecular weight is 183 g/mol. The molecule has 4 heteroatoms. The first-order chi connectivity index (χ1) is 5.74. The van der Waals surface area contributed by atoms with Crippen LogP contribution >= 0.6 is 11.3 Å². The average Bonchev–Trinajstić information content (AvgIpc) is 2.56. The topological polar surface area (TPSA) is 39.2 Å². The van der Waals surface area contributed by atoms with Gasteiger partial charge < -0.3 is 4.74 Å². The highest BCUT2D eigenvalue weighted by atomic mass is 32.1. The van der Waals surface area contributed by atoms with Gasteiger partial charge in [-0.15, -0.1) is 11.3 Å². The smallest absolute Gasteiger partial charge is 0.330 e. The van der Waals surface area contributed by atoms with E-state index in [-0.39, 0.29) is 5.97 Å². The Morgan fingerprint density at radius 3 is 3.00 bits per heavy atom. The summed E-state index contributed by atoms with van der Waals surface area (Å²) in [5, 5.41) is 0. The van der Waals surface area contributed by atoms with E-state index in [2.05, 4.69) is 9.72 Å². The number of thiazole rings is 1. The maximum absolute atomic E-state index is 10.8. The summed E-state index contributed by atoms with van der Waals surface area (Å²) < 4.78 is 4.49. The molecule has 0 fully saturated rings. The molecule has 0 aromatic carbocycles. The molecule has 3 nitrogen and oxygen atoms in total. The van der Waals surface area contributed by atoms with E-state index in [1.165, 1.54) is 24.5 Å². The Hall–Kier alpha value is -1.16. The third-order valence-corrected chi connectivity index (χ3v) is 2.26. The lowest BCUT2D eigenvalue weighted by Gasteiger charge is -1.94. The van der Waals surface area contributed by atoms with Crippen molar-refractivity contribution in [1.29, 1.82) is 0 Å². The van der Waals surface area contributed by atoms with Crippen LogP contribution in [0.2, 0.25) is 0 Å². The van der Waals surface area contributed by atoms with Gasteiger partial charge in [0.1, 0.15) is 0 Å². The number of aromatic nitrogens is 1. The summed E-state index contributed by atoms with van der Waals surface area (Å²) in [4.78, 5) is 15.7. The maximum atomic E-state index is 10.8. The number of esters is 1. The molecule has 0 radical (unpaired) electrons. The summed E-state index contributed by atoms with van der Waals surface area (Å²) in [6.45, 7) is 1.85. The molecule has 0 aliphatic carbocycles. The van der Waals surface area contributed by atoms with Crippen LogP contribution in [0, 0.1) is 0 Å². The van der Waals surface area contributed by atoms with Crippen LogP contribution in [-0.2, 0) is 9.53 Å². The van der Waals surface area contributed by atoms with Gasteiger partial charge in [-0.05, 0) is 12.5 Å². The Labute approximate surface area is 74.7 Å². The van der Waals surface area contributed by atoms with Gasteiger partial charge in [0, 0.05) is 12.3 Å². The first-order valence-electron chi connectivity index (χ1n) is 3.39. The number of nitrogens with zero attached hydrogens (tertiary/aromatic N) is 1. The van der Waals surface area contributed by atoms with E-state index < -0.39 is 0 Å². The zero-order valence-corrected chi connectivity index (χ0v) is 7.72. The lowest BCUT2D eigenvalue weighted by molar-refractivity contribution is -0.134. The van der Waals surface area contributed by atoms with Crippen molar-refractivity contribution in [1.82, 2.24) is 4.98 Å². The Kier molecular flexibility index (Phi) is 2.99. The quantitative estimate of drug-likeness (QED) is 0.517. The summed E-state index contributed by atoms with van der Waals surface area (Å²) in [7, 11) is 1.36. The summed E-state index contributed by atoms with van der Waals surface area (Å²) in [6.07, 6.45) is 3.17. The Bertz CT molecular complexity index is 290. The van der Waals surface area contributed by atoms with E-state index in [4.69, 9.17) is 0 Å².